The summed E-state index contributed by atoms with van der Waals surface area (Å²) in [5.41, 5.74) is 0.814. The fourth-order valence-electron chi connectivity index (χ4n) is 5.23. The van der Waals surface area contributed by atoms with Gasteiger partial charge in [-0.05, 0) is 56.2 Å². The van der Waals surface area contributed by atoms with Crippen LogP contribution in [0.2, 0.25) is 0 Å². The standard InChI is InChI=1S/C27H36BrN5O3/c1-3-18(2)25(34)31-24(19-9-5-4-6-10-19)27(36)32-16-8-13-22(32)26(35)30-23-14-15-29-33(23)21-12-7-11-20(28)17-21/h7,11-12,14-15,17-19,22,24H,3-6,8-10,13,16H2,1-2H3,(H,30,35)(H,31,34)/t18-,22+,24+/m1/s1. The van der Waals surface area contributed by atoms with Crippen molar-refractivity contribution in [3.05, 3.63) is 41.0 Å². The Morgan fingerprint density at radius 3 is 2.61 bits per heavy atom. The molecule has 2 aliphatic rings. The van der Waals surface area contributed by atoms with E-state index in [-0.39, 0.29) is 29.6 Å². The number of nitrogens with one attached hydrogen (secondary N) is 2. The Morgan fingerprint density at radius 2 is 1.89 bits per heavy atom. The molecule has 1 saturated heterocycles. The molecule has 0 spiro atoms. The lowest BCUT2D eigenvalue weighted by atomic mass is 9.83. The highest BCUT2D eigenvalue weighted by atomic mass is 79.9. The third kappa shape index (κ3) is 5.99. The molecule has 2 aromatic rings. The van der Waals surface area contributed by atoms with Crippen LogP contribution in [0, 0.1) is 11.8 Å². The summed E-state index contributed by atoms with van der Waals surface area (Å²) in [6.45, 7) is 4.38. The third-order valence-electron chi connectivity index (χ3n) is 7.53. The molecule has 0 unspecified atom stereocenters. The molecule has 2 fully saturated rings. The smallest absolute Gasteiger partial charge is 0.248 e. The van der Waals surface area contributed by atoms with Crippen LogP contribution in [0.4, 0.5) is 5.82 Å². The SMILES string of the molecule is CC[C@@H](C)C(=O)N[C@H](C(=O)N1CCC[C@H]1C(=O)Nc1ccnn1-c1cccc(Br)c1)C1CCCCC1. The molecule has 2 heterocycles. The number of aromatic nitrogens is 2. The molecule has 9 heteroatoms. The van der Waals surface area contributed by atoms with Crippen LogP contribution in [0.5, 0.6) is 0 Å². The van der Waals surface area contributed by atoms with Gasteiger partial charge >= 0.3 is 0 Å². The largest absolute Gasteiger partial charge is 0.344 e. The number of likely N-dealkylation sites (tertiary alicyclic amines) is 1. The highest BCUT2D eigenvalue weighted by Gasteiger charge is 2.41. The molecule has 0 radical (unpaired) electrons. The molecule has 8 nitrogen and oxygen atoms in total. The number of carbonyl (C=O) groups excluding carboxylic acids is 3. The first kappa shape index (κ1) is 26.4. The Kier molecular flexibility index (Phi) is 8.82. The lowest BCUT2D eigenvalue weighted by Gasteiger charge is -2.35. The van der Waals surface area contributed by atoms with Crippen molar-refractivity contribution in [2.24, 2.45) is 11.8 Å². The first-order valence-corrected chi connectivity index (χ1v) is 13.9. The molecular formula is C27H36BrN5O3. The van der Waals surface area contributed by atoms with Crippen molar-refractivity contribution >= 4 is 39.5 Å². The predicted molar refractivity (Wildman–Crippen MR) is 143 cm³/mol. The summed E-state index contributed by atoms with van der Waals surface area (Å²) >= 11 is 3.47. The number of benzene rings is 1. The van der Waals surface area contributed by atoms with E-state index in [2.05, 4.69) is 31.7 Å². The average molecular weight is 559 g/mol. The maximum atomic E-state index is 13.8. The van der Waals surface area contributed by atoms with Crippen molar-refractivity contribution in [1.29, 1.82) is 0 Å². The average Bonchev–Trinajstić information content (AvgIpc) is 3.57. The van der Waals surface area contributed by atoms with Gasteiger partial charge in [-0.2, -0.15) is 5.10 Å². The second-order valence-electron chi connectivity index (χ2n) is 9.98. The molecule has 3 atom stereocenters. The summed E-state index contributed by atoms with van der Waals surface area (Å²) in [5.74, 6) is 0.0668. The zero-order chi connectivity index (χ0) is 25.7. The molecule has 3 amide bonds. The zero-order valence-corrected chi connectivity index (χ0v) is 22.7. The highest BCUT2D eigenvalue weighted by molar-refractivity contribution is 9.10. The van der Waals surface area contributed by atoms with Crippen LogP contribution in [-0.4, -0.2) is 51.0 Å². The van der Waals surface area contributed by atoms with E-state index in [4.69, 9.17) is 0 Å². The molecule has 1 aliphatic carbocycles. The van der Waals surface area contributed by atoms with Crippen molar-refractivity contribution in [1.82, 2.24) is 20.0 Å². The summed E-state index contributed by atoms with van der Waals surface area (Å²) in [6.07, 6.45) is 8.85. The van der Waals surface area contributed by atoms with E-state index in [9.17, 15) is 14.4 Å². The minimum absolute atomic E-state index is 0.0838. The molecule has 0 bridgehead atoms. The van der Waals surface area contributed by atoms with Gasteiger partial charge in [-0.3, -0.25) is 14.4 Å². The third-order valence-corrected chi connectivity index (χ3v) is 8.02. The number of nitrogens with zero attached hydrogens (tertiary/aromatic N) is 3. The van der Waals surface area contributed by atoms with Crippen LogP contribution in [0.1, 0.15) is 65.2 Å². The maximum Gasteiger partial charge on any atom is 0.248 e. The van der Waals surface area contributed by atoms with E-state index in [1.165, 1.54) is 0 Å². The molecular weight excluding hydrogens is 522 g/mol. The van der Waals surface area contributed by atoms with Crippen molar-refractivity contribution in [2.45, 2.75) is 77.3 Å². The van der Waals surface area contributed by atoms with Crippen molar-refractivity contribution < 1.29 is 14.4 Å². The second kappa shape index (κ2) is 12.0. The lowest BCUT2D eigenvalue weighted by molar-refractivity contribution is -0.142. The van der Waals surface area contributed by atoms with E-state index in [0.717, 1.165) is 55.1 Å². The van der Waals surface area contributed by atoms with Gasteiger partial charge in [-0.1, -0.05) is 55.1 Å². The Bertz CT molecular complexity index is 1080. The van der Waals surface area contributed by atoms with Gasteiger partial charge in [-0.15, -0.1) is 0 Å². The first-order chi connectivity index (χ1) is 17.4. The topological polar surface area (TPSA) is 96.3 Å². The number of hydrogen-bond acceptors (Lipinski definition) is 4. The highest BCUT2D eigenvalue weighted by Crippen LogP contribution is 2.30. The van der Waals surface area contributed by atoms with E-state index in [0.29, 0.717) is 18.8 Å². The van der Waals surface area contributed by atoms with Gasteiger partial charge in [0.25, 0.3) is 0 Å². The summed E-state index contributed by atoms with van der Waals surface area (Å²) in [5, 5.41) is 10.4. The predicted octanol–water partition coefficient (Wildman–Crippen LogP) is 4.68. The van der Waals surface area contributed by atoms with Crippen LogP contribution < -0.4 is 10.6 Å². The maximum absolute atomic E-state index is 13.8. The van der Waals surface area contributed by atoms with Crippen molar-refractivity contribution in [2.75, 3.05) is 11.9 Å². The van der Waals surface area contributed by atoms with E-state index in [1.807, 2.05) is 38.1 Å². The summed E-state index contributed by atoms with van der Waals surface area (Å²) < 4.78 is 2.58. The molecule has 2 N–H and O–H groups in total. The molecule has 36 heavy (non-hydrogen) atoms. The quantitative estimate of drug-likeness (QED) is 0.492. The number of amides is 3. The number of carbonyl (C=O) groups is 3. The minimum Gasteiger partial charge on any atom is -0.344 e. The second-order valence-corrected chi connectivity index (χ2v) is 10.9. The van der Waals surface area contributed by atoms with Gasteiger partial charge in [0.05, 0.1) is 11.9 Å². The van der Waals surface area contributed by atoms with Crippen molar-refractivity contribution in [3.63, 3.8) is 0 Å². The molecule has 194 valence electrons. The first-order valence-electron chi connectivity index (χ1n) is 13.1. The Hall–Kier alpha value is -2.68. The fraction of sp³-hybridized carbons (Fsp3) is 0.556. The number of anilines is 1. The van der Waals surface area contributed by atoms with Gasteiger partial charge in [0.2, 0.25) is 17.7 Å². The van der Waals surface area contributed by atoms with E-state index in [1.54, 1.807) is 21.8 Å². The summed E-state index contributed by atoms with van der Waals surface area (Å²) in [7, 11) is 0. The lowest BCUT2D eigenvalue weighted by Crippen LogP contribution is -2.56. The molecule has 1 saturated carbocycles. The normalized spacial score (nSPS) is 20.1. The van der Waals surface area contributed by atoms with E-state index >= 15 is 0 Å². The van der Waals surface area contributed by atoms with Gasteiger partial charge in [0.1, 0.15) is 17.9 Å². The van der Waals surface area contributed by atoms with Crippen LogP contribution in [0.3, 0.4) is 0 Å². The van der Waals surface area contributed by atoms with Crippen LogP contribution in [0.15, 0.2) is 41.0 Å². The number of halogens is 1. The number of rotatable bonds is 8. The fourth-order valence-corrected chi connectivity index (χ4v) is 5.62. The Morgan fingerprint density at radius 1 is 1.11 bits per heavy atom. The zero-order valence-electron chi connectivity index (χ0n) is 21.1. The summed E-state index contributed by atoms with van der Waals surface area (Å²) in [6, 6.07) is 8.26. The van der Waals surface area contributed by atoms with Gasteiger partial charge in [0.15, 0.2) is 0 Å². The molecule has 1 aromatic heterocycles. The molecule has 1 aliphatic heterocycles. The van der Waals surface area contributed by atoms with E-state index < -0.39 is 12.1 Å². The van der Waals surface area contributed by atoms with Crippen molar-refractivity contribution in [3.8, 4) is 5.69 Å². The van der Waals surface area contributed by atoms with Gasteiger partial charge < -0.3 is 15.5 Å². The van der Waals surface area contributed by atoms with Crippen LogP contribution >= 0.6 is 15.9 Å². The monoisotopic (exact) mass is 557 g/mol. The van der Waals surface area contributed by atoms with Crippen LogP contribution in [0.25, 0.3) is 5.69 Å². The van der Waals surface area contributed by atoms with Crippen LogP contribution in [-0.2, 0) is 14.4 Å². The number of hydrogen-bond donors (Lipinski definition) is 2. The van der Waals surface area contributed by atoms with Gasteiger partial charge in [0, 0.05) is 23.0 Å². The molecule has 4 rings (SSSR count). The Labute approximate surface area is 221 Å². The van der Waals surface area contributed by atoms with Gasteiger partial charge in [-0.25, -0.2) is 4.68 Å². The molecule has 1 aromatic carbocycles. The minimum atomic E-state index is -0.576. The Balaban J connectivity index is 1.50. The summed E-state index contributed by atoms with van der Waals surface area (Å²) in [4.78, 5) is 41.7.